The highest BCUT2D eigenvalue weighted by molar-refractivity contribution is 5.92. The van der Waals surface area contributed by atoms with Crippen molar-refractivity contribution < 1.29 is 18.7 Å². The normalized spacial score (nSPS) is 14.9. The van der Waals surface area contributed by atoms with Crippen LogP contribution < -0.4 is 9.47 Å². The Morgan fingerprint density at radius 1 is 1.27 bits per heavy atom. The second kappa shape index (κ2) is 8.25. The lowest BCUT2D eigenvalue weighted by atomic mass is 9.94. The summed E-state index contributed by atoms with van der Waals surface area (Å²) < 4.78 is 16.5. The van der Waals surface area contributed by atoms with Crippen molar-refractivity contribution in [2.24, 2.45) is 0 Å². The Labute approximate surface area is 154 Å². The lowest BCUT2D eigenvalue weighted by Gasteiger charge is -2.30. The predicted molar refractivity (Wildman–Crippen MR) is 97.5 cm³/mol. The number of nitrogens with zero attached hydrogens (tertiary/aromatic N) is 2. The maximum Gasteiger partial charge on any atom is 0.275 e. The minimum absolute atomic E-state index is 0.0974. The Balaban J connectivity index is 1.61. The van der Waals surface area contributed by atoms with Crippen molar-refractivity contribution in [1.29, 1.82) is 0 Å². The Morgan fingerprint density at radius 2 is 2.04 bits per heavy atom. The molecule has 2 aromatic rings. The smallest absolute Gasteiger partial charge is 0.275 e. The molecule has 0 radical (unpaired) electrons. The molecule has 0 unspecified atom stereocenters. The van der Waals surface area contributed by atoms with Gasteiger partial charge in [-0.25, -0.2) is 4.98 Å². The number of hydrogen-bond donors (Lipinski definition) is 0. The van der Waals surface area contributed by atoms with Gasteiger partial charge in [-0.3, -0.25) is 4.79 Å². The van der Waals surface area contributed by atoms with E-state index in [1.165, 1.54) is 25.5 Å². The van der Waals surface area contributed by atoms with E-state index in [-0.39, 0.29) is 12.5 Å². The van der Waals surface area contributed by atoms with Gasteiger partial charge in [0.2, 0.25) is 5.89 Å². The number of amides is 1. The van der Waals surface area contributed by atoms with Crippen LogP contribution >= 0.6 is 0 Å². The largest absolute Gasteiger partial charge is 0.493 e. The van der Waals surface area contributed by atoms with E-state index in [2.05, 4.69) is 4.98 Å². The fourth-order valence-electron chi connectivity index (χ4n) is 3.32. The molecule has 0 aliphatic heterocycles. The van der Waals surface area contributed by atoms with Crippen LogP contribution in [0, 0.1) is 6.92 Å². The van der Waals surface area contributed by atoms with Crippen molar-refractivity contribution in [2.75, 3.05) is 14.2 Å². The van der Waals surface area contributed by atoms with Crippen molar-refractivity contribution in [3.05, 3.63) is 41.6 Å². The second-order valence-electron chi connectivity index (χ2n) is 6.78. The molecule has 1 amide bonds. The van der Waals surface area contributed by atoms with E-state index in [0.717, 1.165) is 18.4 Å². The monoisotopic (exact) mass is 358 g/mol. The maximum absolute atomic E-state index is 12.6. The first-order valence-corrected chi connectivity index (χ1v) is 9.07. The Kier molecular flexibility index (Phi) is 5.81. The molecule has 0 N–H and O–H groups in total. The Hall–Kier alpha value is -2.50. The van der Waals surface area contributed by atoms with Crippen LogP contribution in [0.4, 0.5) is 0 Å². The highest BCUT2D eigenvalue weighted by atomic mass is 16.5. The van der Waals surface area contributed by atoms with E-state index in [9.17, 15) is 4.79 Å². The van der Waals surface area contributed by atoms with Crippen LogP contribution in [-0.2, 0) is 6.61 Å². The van der Waals surface area contributed by atoms with Crippen LogP contribution in [0.3, 0.4) is 0 Å². The molecule has 0 bridgehead atoms. The summed E-state index contributed by atoms with van der Waals surface area (Å²) in [5.74, 6) is 1.54. The van der Waals surface area contributed by atoms with E-state index < -0.39 is 0 Å². The van der Waals surface area contributed by atoms with Gasteiger partial charge in [0.15, 0.2) is 23.8 Å². The molecule has 26 heavy (non-hydrogen) atoms. The minimum Gasteiger partial charge on any atom is -0.493 e. The number of hydrogen-bond acceptors (Lipinski definition) is 5. The average Bonchev–Trinajstić information content (AvgIpc) is 3.15. The molecule has 6 heteroatoms. The van der Waals surface area contributed by atoms with E-state index in [0.29, 0.717) is 29.1 Å². The highest BCUT2D eigenvalue weighted by Gasteiger charge is 2.25. The van der Waals surface area contributed by atoms with Crippen LogP contribution in [0.2, 0.25) is 0 Å². The van der Waals surface area contributed by atoms with E-state index in [4.69, 9.17) is 13.9 Å². The highest BCUT2D eigenvalue weighted by Crippen LogP contribution is 2.28. The van der Waals surface area contributed by atoms with Gasteiger partial charge in [-0.2, -0.15) is 0 Å². The molecule has 0 atom stereocenters. The summed E-state index contributed by atoms with van der Waals surface area (Å²) in [6, 6.07) is 5.99. The minimum atomic E-state index is -0.0974. The van der Waals surface area contributed by atoms with Gasteiger partial charge in [-0.05, 0) is 37.5 Å². The summed E-state index contributed by atoms with van der Waals surface area (Å²) in [7, 11) is 3.45. The number of oxazole rings is 1. The molecular formula is C20H26N2O4. The predicted octanol–water partition coefficient (Wildman–Crippen LogP) is 3.98. The van der Waals surface area contributed by atoms with Gasteiger partial charge in [0.05, 0.1) is 7.11 Å². The molecular weight excluding hydrogens is 332 g/mol. The summed E-state index contributed by atoms with van der Waals surface area (Å²) in [5, 5.41) is 0. The Bertz CT molecular complexity index is 750. The standard InChI is InChI=1S/C20H26N2O4/c1-14-9-10-17(18(11-14)24-3)25-13-19-21-16(12-26-19)20(23)22(2)15-7-5-4-6-8-15/h9-12,15H,4-8,13H2,1-3H3. The topological polar surface area (TPSA) is 64.8 Å². The summed E-state index contributed by atoms with van der Waals surface area (Å²) in [6.07, 6.45) is 7.14. The third kappa shape index (κ3) is 4.18. The molecule has 1 aliphatic carbocycles. The number of carbonyl (C=O) groups excluding carboxylic acids is 1. The third-order valence-corrected chi connectivity index (χ3v) is 4.88. The third-order valence-electron chi connectivity index (χ3n) is 4.88. The van der Waals surface area contributed by atoms with Gasteiger partial charge in [0.25, 0.3) is 5.91 Å². The van der Waals surface area contributed by atoms with Crippen molar-refractivity contribution in [3.8, 4) is 11.5 Å². The van der Waals surface area contributed by atoms with Crippen LogP contribution in [0.15, 0.2) is 28.9 Å². The molecule has 140 valence electrons. The van der Waals surface area contributed by atoms with Crippen LogP contribution in [-0.4, -0.2) is 36.0 Å². The zero-order chi connectivity index (χ0) is 18.5. The lowest BCUT2D eigenvalue weighted by molar-refractivity contribution is 0.0690. The molecule has 3 rings (SSSR count). The lowest BCUT2D eigenvalue weighted by Crippen LogP contribution is -2.38. The molecule has 0 saturated heterocycles. The molecule has 1 aliphatic rings. The second-order valence-corrected chi connectivity index (χ2v) is 6.78. The van der Waals surface area contributed by atoms with Gasteiger partial charge >= 0.3 is 0 Å². The number of aryl methyl sites for hydroxylation is 1. The fraction of sp³-hybridized carbons (Fsp3) is 0.500. The summed E-state index contributed by atoms with van der Waals surface area (Å²) in [4.78, 5) is 18.7. The van der Waals surface area contributed by atoms with Gasteiger partial charge in [0.1, 0.15) is 6.26 Å². The summed E-state index contributed by atoms with van der Waals surface area (Å²) in [5.41, 5.74) is 1.41. The zero-order valence-electron chi connectivity index (χ0n) is 15.7. The van der Waals surface area contributed by atoms with Gasteiger partial charge in [-0.1, -0.05) is 25.3 Å². The Morgan fingerprint density at radius 3 is 2.77 bits per heavy atom. The first-order chi connectivity index (χ1) is 12.6. The SMILES string of the molecule is COc1cc(C)ccc1OCc1nc(C(=O)N(C)C2CCCCC2)co1. The number of rotatable bonds is 6. The molecule has 1 heterocycles. The molecule has 1 aromatic heterocycles. The maximum atomic E-state index is 12.6. The van der Waals surface area contributed by atoms with Crippen molar-refractivity contribution >= 4 is 5.91 Å². The van der Waals surface area contributed by atoms with Crippen molar-refractivity contribution in [3.63, 3.8) is 0 Å². The van der Waals surface area contributed by atoms with E-state index in [1.54, 1.807) is 12.0 Å². The zero-order valence-corrected chi connectivity index (χ0v) is 15.7. The number of benzene rings is 1. The molecule has 0 spiro atoms. The van der Waals surface area contributed by atoms with Crippen molar-refractivity contribution in [1.82, 2.24) is 9.88 Å². The van der Waals surface area contributed by atoms with Gasteiger partial charge in [0, 0.05) is 13.1 Å². The van der Waals surface area contributed by atoms with E-state index >= 15 is 0 Å². The number of carbonyl (C=O) groups is 1. The van der Waals surface area contributed by atoms with Crippen LogP contribution in [0.1, 0.15) is 54.0 Å². The van der Waals surface area contributed by atoms with Gasteiger partial charge < -0.3 is 18.8 Å². The molecule has 1 saturated carbocycles. The van der Waals surface area contributed by atoms with E-state index in [1.807, 2.05) is 32.2 Å². The quantitative estimate of drug-likeness (QED) is 0.781. The first-order valence-electron chi connectivity index (χ1n) is 9.07. The van der Waals surface area contributed by atoms with Crippen LogP contribution in [0.5, 0.6) is 11.5 Å². The van der Waals surface area contributed by atoms with Gasteiger partial charge in [-0.15, -0.1) is 0 Å². The van der Waals surface area contributed by atoms with Crippen LogP contribution in [0.25, 0.3) is 0 Å². The number of ether oxygens (including phenoxy) is 2. The fourth-order valence-corrected chi connectivity index (χ4v) is 3.32. The average molecular weight is 358 g/mol. The molecule has 1 fully saturated rings. The molecule has 1 aromatic carbocycles. The van der Waals surface area contributed by atoms with Crippen molar-refractivity contribution in [2.45, 2.75) is 51.7 Å². The number of aromatic nitrogens is 1. The first kappa shape index (κ1) is 18.3. The molecule has 6 nitrogen and oxygen atoms in total. The number of methoxy groups -OCH3 is 1. The summed E-state index contributed by atoms with van der Waals surface area (Å²) in [6.45, 7) is 2.13. The summed E-state index contributed by atoms with van der Waals surface area (Å²) >= 11 is 0.